The summed E-state index contributed by atoms with van der Waals surface area (Å²) < 4.78 is 3.11. The largest absolute Gasteiger partial charge is 0.322 e. The van der Waals surface area contributed by atoms with E-state index in [0.29, 0.717) is 17.6 Å². The Balaban J connectivity index is 1.95. The van der Waals surface area contributed by atoms with E-state index < -0.39 is 0 Å². The molecule has 2 N–H and O–H groups in total. The molecule has 6 heteroatoms. The third kappa shape index (κ3) is 2.10. The minimum absolute atomic E-state index is 0.116. The highest BCUT2D eigenvalue weighted by Crippen LogP contribution is 2.11. The second-order valence-corrected chi connectivity index (χ2v) is 4.72. The highest BCUT2D eigenvalue weighted by Gasteiger charge is 2.11. The quantitative estimate of drug-likeness (QED) is 0.764. The van der Waals surface area contributed by atoms with E-state index in [1.165, 1.54) is 17.1 Å². The standard InChI is InChI=1S/C14H15N5O/c1-18-13-11(7-17-18)14(20)19(9-16-13)8-12(15)10-5-3-2-4-6-10/h2-7,9,12H,8,15H2,1H3. The molecular formula is C14H15N5O. The van der Waals surface area contributed by atoms with Crippen LogP contribution in [0.1, 0.15) is 11.6 Å². The zero-order chi connectivity index (χ0) is 14.1. The second kappa shape index (κ2) is 4.90. The van der Waals surface area contributed by atoms with Gasteiger partial charge in [-0.25, -0.2) is 4.98 Å². The first-order chi connectivity index (χ1) is 9.66. The van der Waals surface area contributed by atoms with Gasteiger partial charge in [0, 0.05) is 19.6 Å². The van der Waals surface area contributed by atoms with Crippen LogP contribution in [0.25, 0.3) is 11.0 Å². The molecule has 0 aliphatic carbocycles. The summed E-state index contributed by atoms with van der Waals surface area (Å²) in [5.74, 6) is 0. The van der Waals surface area contributed by atoms with Gasteiger partial charge in [-0.2, -0.15) is 5.10 Å². The summed E-state index contributed by atoms with van der Waals surface area (Å²) in [4.78, 5) is 16.6. The summed E-state index contributed by atoms with van der Waals surface area (Å²) in [6, 6.07) is 9.45. The predicted molar refractivity (Wildman–Crippen MR) is 76.1 cm³/mol. The first-order valence-electron chi connectivity index (χ1n) is 6.34. The predicted octanol–water partition coefficient (Wildman–Crippen LogP) is 0.830. The summed E-state index contributed by atoms with van der Waals surface area (Å²) >= 11 is 0. The van der Waals surface area contributed by atoms with Gasteiger partial charge in [0.2, 0.25) is 0 Å². The topological polar surface area (TPSA) is 78.7 Å². The van der Waals surface area contributed by atoms with Crippen molar-refractivity contribution in [2.45, 2.75) is 12.6 Å². The molecule has 0 amide bonds. The lowest BCUT2D eigenvalue weighted by atomic mass is 10.1. The Morgan fingerprint density at radius 3 is 2.80 bits per heavy atom. The van der Waals surface area contributed by atoms with Gasteiger partial charge < -0.3 is 5.73 Å². The van der Waals surface area contributed by atoms with Crippen LogP contribution in [-0.2, 0) is 13.6 Å². The first kappa shape index (κ1) is 12.6. The first-order valence-corrected chi connectivity index (χ1v) is 6.34. The van der Waals surface area contributed by atoms with Crippen molar-refractivity contribution in [1.29, 1.82) is 0 Å². The summed E-state index contributed by atoms with van der Waals surface area (Å²) in [6.07, 6.45) is 3.06. The van der Waals surface area contributed by atoms with Gasteiger partial charge in [-0.3, -0.25) is 14.0 Å². The Morgan fingerprint density at radius 1 is 1.30 bits per heavy atom. The van der Waals surface area contributed by atoms with E-state index in [9.17, 15) is 4.79 Å². The summed E-state index contributed by atoms with van der Waals surface area (Å²) in [7, 11) is 1.76. The SMILES string of the molecule is Cn1ncc2c(=O)n(CC(N)c3ccccc3)cnc21. The van der Waals surface area contributed by atoms with Crippen LogP contribution in [0, 0.1) is 0 Å². The fourth-order valence-corrected chi connectivity index (χ4v) is 2.21. The summed E-state index contributed by atoms with van der Waals surface area (Å²) in [6.45, 7) is 0.390. The zero-order valence-corrected chi connectivity index (χ0v) is 11.1. The number of rotatable bonds is 3. The summed E-state index contributed by atoms with van der Waals surface area (Å²) in [5, 5.41) is 4.55. The van der Waals surface area contributed by atoms with Gasteiger partial charge in [0.15, 0.2) is 5.65 Å². The molecule has 0 aliphatic heterocycles. The van der Waals surface area contributed by atoms with Gasteiger partial charge in [-0.15, -0.1) is 0 Å². The maximum absolute atomic E-state index is 12.3. The van der Waals surface area contributed by atoms with Crippen molar-refractivity contribution in [2.75, 3.05) is 0 Å². The number of hydrogen-bond donors (Lipinski definition) is 1. The van der Waals surface area contributed by atoms with E-state index >= 15 is 0 Å². The van der Waals surface area contributed by atoms with Crippen molar-refractivity contribution < 1.29 is 0 Å². The lowest BCUT2D eigenvalue weighted by molar-refractivity contribution is 0.557. The third-order valence-corrected chi connectivity index (χ3v) is 3.34. The lowest BCUT2D eigenvalue weighted by Crippen LogP contribution is -2.27. The van der Waals surface area contributed by atoms with Gasteiger partial charge >= 0.3 is 0 Å². The van der Waals surface area contributed by atoms with Crippen molar-refractivity contribution in [3.8, 4) is 0 Å². The average Bonchev–Trinajstić information content (AvgIpc) is 2.85. The van der Waals surface area contributed by atoms with E-state index in [2.05, 4.69) is 10.1 Å². The molecule has 1 unspecified atom stereocenters. The van der Waals surface area contributed by atoms with Crippen molar-refractivity contribution >= 4 is 11.0 Å². The summed E-state index contributed by atoms with van der Waals surface area (Å²) in [5.41, 5.74) is 7.59. The minimum atomic E-state index is -0.246. The molecule has 2 aromatic heterocycles. The molecule has 0 aliphatic rings. The lowest BCUT2D eigenvalue weighted by Gasteiger charge is -2.13. The van der Waals surface area contributed by atoms with Gasteiger partial charge in [-0.1, -0.05) is 30.3 Å². The van der Waals surface area contributed by atoms with E-state index in [4.69, 9.17) is 5.73 Å². The molecule has 0 saturated heterocycles. The average molecular weight is 269 g/mol. The van der Waals surface area contributed by atoms with Crippen LogP contribution in [0.15, 0.2) is 47.7 Å². The number of aromatic nitrogens is 4. The fraction of sp³-hybridized carbons (Fsp3) is 0.214. The van der Waals surface area contributed by atoms with Gasteiger partial charge in [0.25, 0.3) is 5.56 Å². The van der Waals surface area contributed by atoms with Crippen LogP contribution in [-0.4, -0.2) is 19.3 Å². The Hall–Kier alpha value is -2.47. The van der Waals surface area contributed by atoms with Crippen molar-refractivity contribution in [2.24, 2.45) is 12.8 Å². The molecule has 1 atom stereocenters. The van der Waals surface area contributed by atoms with Crippen molar-refractivity contribution in [3.63, 3.8) is 0 Å². The Labute approximate surface area is 115 Å². The number of benzene rings is 1. The van der Waals surface area contributed by atoms with Crippen LogP contribution in [0.3, 0.4) is 0 Å². The molecule has 6 nitrogen and oxygen atoms in total. The van der Waals surface area contributed by atoms with Crippen LogP contribution in [0.5, 0.6) is 0 Å². The maximum Gasteiger partial charge on any atom is 0.264 e. The maximum atomic E-state index is 12.3. The Bertz CT molecular complexity index is 790. The Kier molecular flexibility index (Phi) is 3.08. The molecular weight excluding hydrogens is 254 g/mol. The van der Waals surface area contributed by atoms with Crippen LogP contribution in [0.2, 0.25) is 0 Å². The molecule has 0 fully saturated rings. The highest BCUT2D eigenvalue weighted by molar-refractivity contribution is 5.72. The van der Waals surface area contributed by atoms with Crippen LogP contribution in [0.4, 0.5) is 0 Å². The third-order valence-electron chi connectivity index (χ3n) is 3.34. The van der Waals surface area contributed by atoms with Crippen molar-refractivity contribution in [3.05, 3.63) is 58.8 Å². The molecule has 1 aromatic carbocycles. The van der Waals surface area contributed by atoms with Gasteiger partial charge in [-0.05, 0) is 5.56 Å². The fourth-order valence-electron chi connectivity index (χ4n) is 2.21. The van der Waals surface area contributed by atoms with E-state index in [-0.39, 0.29) is 11.6 Å². The highest BCUT2D eigenvalue weighted by atomic mass is 16.1. The van der Waals surface area contributed by atoms with Gasteiger partial charge in [0.05, 0.1) is 6.20 Å². The number of nitrogens with two attached hydrogens (primary N) is 1. The normalized spacial score (nSPS) is 12.7. The molecule has 0 radical (unpaired) electrons. The smallest absolute Gasteiger partial charge is 0.264 e. The number of nitrogens with zero attached hydrogens (tertiary/aromatic N) is 4. The molecule has 20 heavy (non-hydrogen) atoms. The molecule has 3 aromatic rings. The van der Waals surface area contributed by atoms with E-state index in [1.54, 1.807) is 11.7 Å². The monoisotopic (exact) mass is 269 g/mol. The van der Waals surface area contributed by atoms with E-state index in [1.807, 2.05) is 30.3 Å². The molecule has 2 heterocycles. The molecule has 0 spiro atoms. The van der Waals surface area contributed by atoms with Crippen LogP contribution >= 0.6 is 0 Å². The molecule has 102 valence electrons. The number of aryl methyl sites for hydroxylation is 1. The molecule has 0 bridgehead atoms. The number of hydrogen-bond acceptors (Lipinski definition) is 4. The zero-order valence-electron chi connectivity index (χ0n) is 11.1. The molecule has 3 rings (SSSR count). The van der Waals surface area contributed by atoms with Crippen LogP contribution < -0.4 is 11.3 Å². The number of fused-ring (bicyclic) bond motifs is 1. The van der Waals surface area contributed by atoms with Crippen molar-refractivity contribution in [1.82, 2.24) is 19.3 Å². The Morgan fingerprint density at radius 2 is 2.05 bits per heavy atom. The minimum Gasteiger partial charge on any atom is -0.322 e. The second-order valence-electron chi connectivity index (χ2n) is 4.72. The van der Waals surface area contributed by atoms with Gasteiger partial charge in [0.1, 0.15) is 11.7 Å². The molecule has 0 saturated carbocycles. The van der Waals surface area contributed by atoms with E-state index in [0.717, 1.165) is 5.56 Å².